The van der Waals surface area contributed by atoms with Gasteiger partial charge in [0.25, 0.3) is 5.91 Å². The largest absolute Gasteiger partial charge is 0.493 e. The highest BCUT2D eigenvalue weighted by atomic mass is 32.2. The van der Waals surface area contributed by atoms with Crippen LogP contribution in [0.5, 0.6) is 11.5 Å². The van der Waals surface area contributed by atoms with Crippen LogP contribution < -0.4 is 14.4 Å². The van der Waals surface area contributed by atoms with Crippen LogP contribution in [0.4, 0.5) is 5.69 Å². The number of para-hydroxylation sites is 1. The van der Waals surface area contributed by atoms with Crippen molar-refractivity contribution in [2.75, 3.05) is 19.1 Å². The zero-order valence-corrected chi connectivity index (χ0v) is 19.4. The molecule has 1 aromatic heterocycles. The zero-order chi connectivity index (χ0) is 23.4. The maximum absolute atomic E-state index is 12.9. The molecule has 168 valence electrons. The molecule has 33 heavy (non-hydrogen) atoms. The van der Waals surface area contributed by atoms with Gasteiger partial charge in [-0.1, -0.05) is 48.2 Å². The number of hydrogen-bond acceptors (Lipinski definition) is 8. The Labute approximate surface area is 199 Å². The molecule has 0 atom stereocenters. The van der Waals surface area contributed by atoms with E-state index in [9.17, 15) is 9.59 Å². The lowest BCUT2D eigenvalue weighted by molar-refractivity contribution is -0.113. The Balaban J connectivity index is 1.49. The van der Waals surface area contributed by atoms with E-state index in [1.54, 1.807) is 24.3 Å². The van der Waals surface area contributed by atoms with E-state index in [4.69, 9.17) is 26.1 Å². The van der Waals surface area contributed by atoms with E-state index in [-0.39, 0.29) is 18.3 Å². The van der Waals surface area contributed by atoms with E-state index in [2.05, 4.69) is 4.74 Å². The van der Waals surface area contributed by atoms with E-state index in [1.165, 1.54) is 36.9 Å². The minimum Gasteiger partial charge on any atom is -0.493 e. The Kier molecular flexibility index (Phi) is 6.81. The van der Waals surface area contributed by atoms with Crippen LogP contribution in [0.1, 0.15) is 21.9 Å². The second-order valence-corrected chi connectivity index (χ2v) is 8.48. The SMILES string of the molecule is COC(=O)c1ccc(COc2ccc(C=C3SC(=S)N(c4ccccc4)C3=O)cc2OC)o1. The molecule has 4 rings (SSSR count). The summed E-state index contributed by atoms with van der Waals surface area (Å²) in [6, 6.07) is 17.8. The summed E-state index contributed by atoms with van der Waals surface area (Å²) in [5.74, 6) is 0.817. The van der Waals surface area contributed by atoms with Crippen molar-refractivity contribution in [2.24, 2.45) is 0 Å². The summed E-state index contributed by atoms with van der Waals surface area (Å²) >= 11 is 6.66. The summed E-state index contributed by atoms with van der Waals surface area (Å²) in [6.45, 7) is 0.0996. The van der Waals surface area contributed by atoms with Crippen LogP contribution in [0.15, 0.2) is 70.0 Å². The quantitative estimate of drug-likeness (QED) is 0.263. The molecule has 0 N–H and O–H groups in total. The van der Waals surface area contributed by atoms with Crippen LogP contribution in [0.3, 0.4) is 0 Å². The summed E-state index contributed by atoms with van der Waals surface area (Å²) in [5, 5.41) is 0. The van der Waals surface area contributed by atoms with Crippen molar-refractivity contribution in [3.63, 3.8) is 0 Å². The summed E-state index contributed by atoms with van der Waals surface area (Å²) in [7, 11) is 2.82. The van der Waals surface area contributed by atoms with Crippen molar-refractivity contribution in [2.45, 2.75) is 6.61 Å². The molecule has 0 bridgehead atoms. The number of thiocarbonyl (C=S) groups is 1. The van der Waals surface area contributed by atoms with E-state index in [0.29, 0.717) is 26.5 Å². The van der Waals surface area contributed by atoms with Gasteiger partial charge in [-0.3, -0.25) is 9.69 Å². The highest BCUT2D eigenvalue weighted by Gasteiger charge is 2.33. The maximum atomic E-state index is 12.9. The third kappa shape index (κ3) is 4.94. The molecule has 9 heteroatoms. The van der Waals surface area contributed by atoms with Gasteiger partial charge in [0.05, 0.1) is 24.8 Å². The monoisotopic (exact) mass is 481 g/mol. The average Bonchev–Trinajstić information content (AvgIpc) is 3.42. The molecule has 0 radical (unpaired) electrons. The third-order valence-electron chi connectivity index (χ3n) is 4.71. The van der Waals surface area contributed by atoms with E-state index in [1.807, 2.05) is 36.4 Å². The highest BCUT2D eigenvalue weighted by molar-refractivity contribution is 8.27. The number of benzene rings is 2. The van der Waals surface area contributed by atoms with E-state index in [0.717, 1.165) is 11.3 Å². The van der Waals surface area contributed by atoms with Gasteiger partial charge >= 0.3 is 5.97 Å². The summed E-state index contributed by atoms with van der Waals surface area (Å²) in [4.78, 5) is 26.5. The third-order valence-corrected chi connectivity index (χ3v) is 6.01. The van der Waals surface area contributed by atoms with Gasteiger partial charge in [-0.25, -0.2) is 4.79 Å². The fraction of sp³-hybridized carbons (Fsp3) is 0.125. The molecule has 2 aromatic carbocycles. The highest BCUT2D eigenvalue weighted by Crippen LogP contribution is 2.37. The standard InChI is InChI=1S/C24H19NO6S2/c1-28-20-12-15(8-10-18(20)30-14-17-9-11-19(31-17)23(27)29-2)13-21-22(26)25(24(32)33-21)16-6-4-3-5-7-16/h3-13H,14H2,1-2H3. The van der Waals surface area contributed by atoms with Crippen molar-refractivity contribution in [3.05, 3.63) is 82.7 Å². The molecule has 7 nitrogen and oxygen atoms in total. The molecule has 0 spiro atoms. The van der Waals surface area contributed by atoms with Crippen molar-refractivity contribution in [1.82, 2.24) is 0 Å². The van der Waals surface area contributed by atoms with Gasteiger partial charge in [0.15, 0.2) is 15.8 Å². The Morgan fingerprint density at radius 3 is 2.61 bits per heavy atom. The maximum Gasteiger partial charge on any atom is 0.373 e. The van der Waals surface area contributed by atoms with Crippen LogP contribution >= 0.6 is 24.0 Å². The van der Waals surface area contributed by atoms with E-state index >= 15 is 0 Å². The van der Waals surface area contributed by atoms with Crippen LogP contribution in [0.2, 0.25) is 0 Å². The van der Waals surface area contributed by atoms with Crippen LogP contribution in [0, 0.1) is 0 Å². The number of hydrogen-bond donors (Lipinski definition) is 0. The molecule has 2 heterocycles. The number of ether oxygens (including phenoxy) is 3. The lowest BCUT2D eigenvalue weighted by atomic mass is 10.2. The van der Waals surface area contributed by atoms with Gasteiger partial charge < -0.3 is 18.6 Å². The van der Waals surface area contributed by atoms with Crippen molar-refractivity contribution in [1.29, 1.82) is 0 Å². The number of carbonyl (C=O) groups excluding carboxylic acids is 2. The fourth-order valence-corrected chi connectivity index (χ4v) is 4.43. The first-order valence-corrected chi connectivity index (χ1v) is 11.0. The molecule has 1 aliphatic rings. The van der Waals surface area contributed by atoms with Gasteiger partial charge in [-0.15, -0.1) is 0 Å². The fourth-order valence-electron chi connectivity index (χ4n) is 3.13. The Hall–Kier alpha value is -3.56. The summed E-state index contributed by atoms with van der Waals surface area (Å²) in [6.07, 6.45) is 1.77. The molecule has 0 saturated carbocycles. The second kappa shape index (κ2) is 9.93. The van der Waals surface area contributed by atoms with Crippen molar-refractivity contribution < 1.29 is 28.2 Å². The van der Waals surface area contributed by atoms with Crippen LogP contribution in [0.25, 0.3) is 6.08 Å². The normalized spacial score (nSPS) is 14.6. The molecular weight excluding hydrogens is 462 g/mol. The molecule has 0 aliphatic carbocycles. The molecule has 0 unspecified atom stereocenters. The van der Waals surface area contributed by atoms with Gasteiger partial charge in [0.2, 0.25) is 5.76 Å². The second-order valence-electron chi connectivity index (χ2n) is 6.81. The number of furan rings is 1. The number of anilines is 1. The smallest absolute Gasteiger partial charge is 0.373 e. The zero-order valence-electron chi connectivity index (χ0n) is 17.8. The van der Waals surface area contributed by atoms with Gasteiger partial charge in [-0.2, -0.15) is 0 Å². The number of methoxy groups -OCH3 is 2. The average molecular weight is 482 g/mol. The number of carbonyl (C=O) groups is 2. The van der Waals surface area contributed by atoms with E-state index < -0.39 is 5.97 Å². The Bertz CT molecular complexity index is 1230. The first-order valence-electron chi connectivity index (χ1n) is 9.81. The first-order chi connectivity index (χ1) is 16.0. The predicted octanol–water partition coefficient (Wildman–Crippen LogP) is 5.06. The number of nitrogens with zero attached hydrogens (tertiary/aromatic N) is 1. The van der Waals surface area contributed by atoms with Crippen LogP contribution in [-0.2, 0) is 16.1 Å². The van der Waals surface area contributed by atoms with Gasteiger partial charge in [0.1, 0.15) is 12.4 Å². The lowest BCUT2D eigenvalue weighted by Gasteiger charge is -2.13. The molecule has 1 amide bonds. The minimum atomic E-state index is -0.555. The molecule has 3 aromatic rings. The minimum absolute atomic E-state index is 0.0996. The van der Waals surface area contributed by atoms with Gasteiger partial charge in [0, 0.05) is 0 Å². The van der Waals surface area contributed by atoms with Gasteiger partial charge in [-0.05, 0) is 48.0 Å². The number of thioether (sulfide) groups is 1. The lowest BCUT2D eigenvalue weighted by Crippen LogP contribution is -2.27. The number of rotatable bonds is 7. The first kappa shape index (κ1) is 22.6. The van der Waals surface area contributed by atoms with Crippen molar-refractivity contribution in [3.8, 4) is 11.5 Å². The van der Waals surface area contributed by atoms with Crippen LogP contribution in [-0.4, -0.2) is 30.4 Å². The Morgan fingerprint density at radius 1 is 1.09 bits per heavy atom. The molecule has 1 saturated heterocycles. The summed E-state index contributed by atoms with van der Waals surface area (Å²) in [5.41, 5.74) is 1.50. The molecule has 1 fully saturated rings. The topological polar surface area (TPSA) is 78.2 Å². The predicted molar refractivity (Wildman–Crippen MR) is 129 cm³/mol. The van der Waals surface area contributed by atoms with Crippen molar-refractivity contribution >= 4 is 51.9 Å². The number of amides is 1. The Morgan fingerprint density at radius 2 is 1.88 bits per heavy atom. The molecular formula is C24H19NO6S2. The molecule has 1 aliphatic heterocycles. The summed E-state index contributed by atoms with van der Waals surface area (Å²) < 4.78 is 21.8. The number of esters is 1.